The molecule has 2 bridgehead atoms. The molecule has 0 radical (unpaired) electrons. The average Bonchev–Trinajstić information content (AvgIpc) is 2.59. The predicted molar refractivity (Wildman–Crippen MR) is 103 cm³/mol. The van der Waals surface area contributed by atoms with E-state index in [2.05, 4.69) is 35.8 Å². The highest BCUT2D eigenvalue weighted by Gasteiger charge is 2.41. The summed E-state index contributed by atoms with van der Waals surface area (Å²) in [6.45, 7) is 11.0. The van der Waals surface area contributed by atoms with E-state index in [-0.39, 0.29) is 22.0 Å². The fourth-order valence-corrected chi connectivity index (χ4v) is 12.4. The fraction of sp³-hybridized carbons (Fsp3) is 1.00. The Hall–Kier alpha value is 1.27. The van der Waals surface area contributed by atoms with Crippen LogP contribution in [0.2, 0.25) is 0 Å². The second-order valence-corrected chi connectivity index (χ2v) is 12.1. The molecule has 8 heteroatoms. The van der Waals surface area contributed by atoms with Gasteiger partial charge in [0.25, 0.3) is 0 Å². The standard InChI is InChI=1S/C14H30N2O2P2S2/c1-5-9-15-19-11-12-20(16(10-6-2)22(15)21)18-14(8-4)13(7-3)17-19/h13-14H,5-12H2,1-4H3/t13-,14+,19?,20?,22?. The van der Waals surface area contributed by atoms with Crippen molar-refractivity contribution < 1.29 is 9.05 Å². The van der Waals surface area contributed by atoms with Crippen molar-refractivity contribution >= 4 is 37.6 Å². The Morgan fingerprint density at radius 3 is 1.64 bits per heavy atom. The van der Waals surface area contributed by atoms with Gasteiger partial charge in [-0.1, -0.05) is 27.7 Å². The highest BCUT2D eigenvalue weighted by atomic mass is 32.8. The summed E-state index contributed by atoms with van der Waals surface area (Å²) in [7, 11) is -1.40. The van der Waals surface area contributed by atoms with Gasteiger partial charge in [-0.05, 0) is 36.9 Å². The summed E-state index contributed by atoms with van der Waals surface area (Å²) in [5.74, 6) is 0. The Kier molecular flexibility index (Phi) is 8.62. The summed E-state index contributed by atoms with van der Waals surface area (Å²) >= 11 is 5.97. The van der Waals surface area contributed by atoms with Gasteiger partial charge in [0.15, 0.2) is 0 Å². The number of hydrogen-bond acceptors (Lipinski definition) is 3. The Morgan fingerprint density at radius 2 is 1.32 bits per heavy atom. The molecule has 2 rings (SSSR count). The molecule has 2 saturated heterocycles. The number of nitrogens with zero attached hydrogens (tertiary/aromatic N) is 2. The molecule has 0 aromatic heterocycles. The first kappa shape index (κ1) is 19.6. The van der Waals surface area contributed by atoms with Crippen LogP contribution in [0, 0.1) is 0 Å². The molecule has 0 aromatic carbocycles. The third kappa shape index (κ3) is 4.46. The van der Waals surface area contributed by atoms with Crippen LogP contribution < -0.4 is 0 Å². The van der Waals surface area contributed by atoms with Crippen molar-refractivity contribution in [1.29, 1.82) is 0 Å². The van der Waals surface area contributed by atoms with E-state index in [0.29, 0.717) is 0 Å². The van der Waals surface area contributed by atoms with Gasteiger partial charge in [0, 0.05) is 35.2 Å². The molecule has 2 aliphatic rings. The van der Waals surface area contributed by atoms with Gasteiger partial charge in [-0.3, -0.25) is 0 Å². The van der Waals surface area contributed by atoms with Gasteiger partial charge in [-0.2, -0.15) is 8.15 Å². The maximum atomic E-state index is 6.56. The molecule has 2 aliphatic heterocycles. The maximum Gasteiger partial charge on any atom is 0.116 e. The summed E-state index contributed by atoms with van der Waals surface area (Å²) in [6, 6.07) is 0. The third-order valence-electron chi connectivity index (χ3n) is 3.90. The normalized spacial score (nSPS) is 37.7. The minimum Gasteiger partial charge on any atom is -0.337 e. The first-order chi connectivity index (χ1) is 10.7. The van der Waals surface area contributed by atoms with Crippen LogP contribution in [0.3, 0.4) is 0 Å². The van der Waals surface area contributed by atoms with E-state index in [9.17, 15) is 0 Å². The Bertz CT molecular complexity index is 347. The number of fused-ring (bicyclic) bond motifs is 3. The topological polar surface area (TPSA) is 24.9 Å². The van der Waals surface area contributed by atoms with Gasteiger partial charge in [-0.15, -0.1) is 0 Å². The van der Waals surface area contributed by atoms with Crippen molar-refractivity contribution in [3.63, 3.8) is 0 Å². The van der Waals surface area contributed by atoms with Crippen molar-refractivity contribution in [3.05, 3.63) is 0 Å². The molecule has 0 amide bonds. The van der Waals surface area contributed by atoms with Crippen molar-refractivity contribution in [2.45, 2.75) is 65.6 Å². The smallest absolute Gasteiger partial charge is 0.116 e. The van der Waals surface area contributed by atoms with Gasteiger partial charge in [0.05, 0.1) is 12.2 Å². The number of rotatable bonds is 6. The van der Waals surface area contributed by atoms with E-state index >= 15 is 0 Å². The molecule has 22 heavy (non-hydrogen) atoms. The van der Waals surface area contributed by atoms with Crippen LogP contribution in [0.25, 0.3) is 0 Å². The average molecular weight is 384 g/mol. The monoisotopic (exact) mass is 384 g/mol. The molecule has 4 nitrogen and oxygen atoms in total. The summed E-state index contributed by atoms with van der Waals surface area (Å²) < 4.78 is 18.1. The van der Waals surface area contributed by atoms with Gasteiger partial charge in [0.1, 0.15) is 16.6 Å². The van der Waals surface area contributed by atoms with Gasteiger partial charge in [0.2, 0.25) is 0 Å². The zero-order valence-electron chi connectivity index (χ0n) is 14.2. The van der Waals surface area contributed by atoms with Crippen molar-refractivity contribution in [2.24, 2.45) is 0 Å². The molecule has 2 heterocycles. The largest absolute Gasteiger partial charge is 0.337 e. The molecule has 5 atom stereocenters. The van der Waals surface area contributed by atoms with Gasteiger partial charge < -0.3 is 9.05 Å². The summed E-state index contributed by atoms with van der Waals surface area (Å²) in [6.07, 6.45) is 7.02. The summed E-state index contributed by atoms with van der Waals surface area (Å²) in [4.78, 5) is 0. The van der Waals surface area contributed by atoms with E-state index in [4.69, 9.17) is 20.2 Å². The van der Waals surface area contributed by atoms with Crippen LogP contribution in [0.1, 0.15) is 53.4 Å². The van der Waals surface area contributed by atoms with Gasteiger partial charge in [-0.25, -0.2) is 0 Å². The molecule has 0 spiro atoms. The molecular weight excluding hydrogens is 354 g/mol. The zero-order valence-corrected chi connectivity index (χ0v) is 17.7. The minimum absolute atomic E-state index is 0.231. The molecule has 130 valence electrons. The van der Waals surface area contributed by atoms with Crippen LogP contribution in [0.4, 0.5) is 0 Å². The number of hydrogen-bond donors (Lipinski definition) is 0. The van der Waals surface area contributed by atoms with Crippen LogP contribution in [0.5, 0.6) is 0 Å². The summed E-state index contributed by atoms with van der Waals surface area (Å²) in [5.41, 5.74) is 0. The molecule has 2 fully saturated rings. The highest BCUT2D eigenvalue weighted by Crippen LogP contribution is 2.59. The second kappa shape index (κ2) is 9.68. The molecule has 3 unspecified atom stereocenters. The second-order valence-electron chi connectivity index (χ2n) is 5.64. The first-order valence-electron chi connectivity index (χ1n) is 8.51. The molecule has 0 N–H and O–H groups in total. The van der Waals surface area contributed by atoms with E-state index in [1.54, 1.807) is 0 Å². The van der Waals surface area contributed by atoms with Crippen LogP contribution >= 0.6 is 16.6 Å². The Labute approximate surface area is 145 Å². The van der Waals surface area contributed by atoms with Crippen LogP contribution in [0.15, 0.2) is 0 Å². The molecular formula is C14H30N2O2P2S2. The lowest BCUT2D eigenvalue weighted by molar-refractivity contribution is 0.0587. The highest BCUT2D eigenvalue weighted by molar-refractivity contribution is 8.29. The van der Waals surface area contributed by atoms with E-state index < -0.39 is 16.6 Å². The molecule has 0 aromatic rings. The van der Waals surface area contributed by atoms with Crippen molar-refractivity contribution in [1.82, 2.24) is 8.15 Å². The van der Waals surface area contributed by atoms with Crippen molar-refractivity contribution in [2.75, 3.05) is 25.4 Å². The minimum atomic E-state index is -0.561. The van der Waals surface area contributed by atoms with E-state index in [1.807, 2.05) is 0 Å². The zero-order chi connectivity index (χ0) is 16.1. The SMILES string of the molecule is CCCN1P2CCP(O[C@H](CC)[C@H](CC)O2)N(CCC)S1=S. The maximum absolute atomic E-state index is 6.56. The Morgan fingerprint density at radius 1 is 0.909 bits per heavy atom. The Balaban J connectivity index is 2.32. The molecule has 0 aliphatic carbocycles. The van der Waals surface area contributed by atoms with E-state index in [0.717, 1.165) is 51.1 Å². The lowest BCUT2D eigenvalue weighted by Crippen LogP contribution is -2.32. The lowest BCUT2D eigenvalue weighted by atomic mass is 10.1. The quantitative estimate of drug-likeness (QED) is 0.625. The van der Waals surface area contributed by atoms with Crippen molar-refractivity contribution in [3.8, 4) is 0 Å². The fourth-order valence-electron chi connectivity index (χ4n) is 2.75. The summed E-state index contributed by atoms with van der Waals surface area (Å²) in [5, 5.41) is 0. The van der Waals surface area contributed by atoms with Gasteiger partial charge >= 0.3 is 0 Å². The molecule has 0 saturated carbocycles. The van der Waals surface area contributed by atoms with Crippen LogP contribution in [-0.4, -0.2) is 45.8 Å². The predicted octanol–water partition coefficient (Wildman–Crippen LogP) is 4.56. The lowest BCUT2D eigenvalue weighted by Gasteiger charge is -2.34. The first-order valence-corrected chi connectivity index (χ1v) is 13.4. The van der Waals surface area contributed by atoms with Crippen LogP contribution in [-0.2, 0) is 30.1 Å². The third-order valence-corrected chi connectivity index (χ3v) is 12.7. The van der Waals surface area contributed by atoms with E-state index in [1.165, 1.54) is 0 Å².